The summed E-state index contributed by atoms with van der Waals surface area (Å²) in [7, 11) is 0. The first kappa shape index (κ1) is 18.7. The zero-order valence-corrected chi connectivity index (χ0v) is 15.9. The molecule has 0 aromatic heterocycles. The lowest BCUT2D eigenvalue weighted by atomic mass is 10.1. The van der Waals surface area contributed by atoms with E-state index < -0.39 is 0 Å². The van der Waals surface area contributed by atoms with Crippen molar-refractivity contribution >= 4 is 0 Å². The number of hydrogen-bond acceptors (Lipinski definition) is 5. The van der Waals surface area contributed by atoms with Gasteiger partial charge in [-0.2, -0.15) is 0 Å². The van der Waals surface area contributed by atoms with Gasteiger partial charge in [0, 0.05) is 26.2 Å². The van der Waals surface area contributed by atoms with Crippen molar-refractivity contribution in [1.82, 2.24) is 4.90 Å². The van der Waals surface area contributed by atoms with Gasteiger partial charge in [-0.3, -0.25) is 4.90 Å². The van der Waals surface area contributed by atoms with Gasteiger partial charge < -0.3 is 18.9 Å². The summed E-state index contributed by atoms with van der Waals surface area (Å²) in [4.78, 5) is 2.41. The third-order valence-corrected chi connectivity index (χ3v) is 4.96. The molecule has 1 atom stereocenters. The molecule has 0 N–H and O–H groups in total. The average Bonchev–Trinajstić information content (AvgIpc) is 3.38. The molecular formula is C23H25NO4. The van der Waals surface area contributed by atoms with Gasteiger partial charge in [0.25, 0.3) is 0 Å². The van der Waals surface area contributed by atoms with Crippen LogP contribution in [0.1, 0.15) is 24.0 Å². The molecule has 5 heteroatoms. The molecule has 1 fully saturated rings. The highest BCUT2D eigenvalue weighted by atomic mass is 16.7. The van der Waals surface area contributed by atoms with E-state index in [1.54, 1.807) is 0 Å². The van der Waals surface area contributed by atoms with Crippen molar-refractivity contribution in [1.29, 1.82) is 0 Å². The molecule has 4 rings (SSSR count). The first-order valence-electron chi connectivity index (χ1n) is 9.68. The van der Waals surface area contributed by atoms with Crippen molar-refractivity contribution in [2.24, 2.45) is 0 Å². The quantitative estimate of drug-likeness (QED) is 0.656. The van der Waals surface area contributed by atoms with Gasteiger partial charge in [0.2, 0.25) is 6.79 Å². The topological polar surface area (TPSA) is 40.2 Å². The van der Waals surface area contributed by atoms with E-state index in [1.165, 1.54) is 11.1 Å². The monoisotopic (exact) mass is 379 g/mol. The van der Waals surface area contributed by atoms with Crippen molar-refractivity contribution in [3.8, 4) is 29.6 Å². The molecule has 0 spiro atoms. The Balaban J connectivity index is 1.47. The normalized spacial score (nSPS) is 17.6. The summed E-state index contributed by atoms with van der Waals surface area (Å²) in [6.07, 6.45) is 7.83. The first-order valence-corrected chi connectivity index (χ1v) is 9.68. The minimum absolute atomic E-state index is 0.278. The Morgan fingerprint density at radius 3 is 2.75 bits per heavy atom. The van der Waals surface area contributed by atoms with Crippen molar-refractivity contribution in [3.05, 3.63) is 53.6 Å². The molecule has 28 heavy (non-hydrogen) atoms. The fourth-order valence-electron chi connectivity index (χ4n) is 3.68. The number of ether oxygens (including phenoxy) is 4. The second-order valence-corrected chi connectivity index (χ2v) is 7.13. The molecule has 0 saturated carbocycles. The molecule has 0 radical (unpaired) electrons. The highest BCUT2D eigenvalue weighted by molar-refractivity contribution is 5.44. The van der Waals surface area contributed by atoms with E-state index in [1.807, 2.05) is 18.2 Å². The molecule has 2 aromatic carbocycles. The van der Waals surface area contributed by atoms with Gasteiger partial charge in [0.05, 0.1) is 6.10 Å². The van der Waals surface area contributed by atoms with E-state index in [0.717, 1.165) is 56.3 Å². The summed E-state index contributed by atoms with van der Waals surface area (Å²) in [6, 6.07) is 14.3. The predicted octanol–water partition coefficient (Wildman–Crippen LogP) is 3.61. The van der Waals surface area contributed by atoms with Crippen molar-refractivity contribution in [2.45, 2.75) is 32.0 Å². The second-order valence-electron chi connectivity index (χ2n) is 7.13. The van der Waals surface area contributed by atoms with E-state index in [0.29, 0.717) is 6.79 Å². The van der Waals surface area contributed by atoms with E-state index in [-0.39, 0.29) is 12.7 Å². The molecule has 2 aliphatic heterocycles. The third-order valence-electron chi connectivity index (χ3n) is 4.96. The van der Waals surface area contributed by atoms with Gasteiger partial charge in [0.1, 0.15) is 12.4 Å². The van der Waals surface area contributed by atoms with Crippen molar-refractivity contribution in [3.63, 3.8) is 0 Å². The highest BCUT2D eigenvalue weighted by Crippen LogP contribution is 2.33. The Labute approximate surface area is 166 Å². The van der Waals surface area contributed by atoms with E-state index in [9.17, 15) is 0 Å². The fraction of sp³-hybridized carbons (Fsp3) is 0.391. The van der Waals surface area contributed by atoms with Crippen molar-refractivity contribution in [2.75, 3.05) is 26.6 Å². The fourth-order valence-corrected chi connectivity index (χ4v) is 3.68. The SMILES string of the molecule is C#CCOc1cccc(CN(Cc2ccc3c(c2)OCO3)C[C@H]2CCCO2)c1. The van der Waals surface area contributed by atoms with Gasteiger partial charge in [0.15, 0.2) is 11.5 Å². The maximum atomic E-state index is 5.88. The van der Waals surface area contributed by atoms with Gasteiger partial charge in [-0.05, 0) is 48.2 Å². The Morgan fingerprint density at radius 1 is 1.07 bits per heavy atom. The van der Waals surface area contributed by atoms with Crippen LogP contribution in [-0.2, 0) is 17.8 Å². The number of nitrogens with zero attached hydrogens (tertiary/aromatic N) is 1. The van der Waals surface area contributed by atoms with E-state index in [4.69, 9.17) is 25.4 Å². The minimum atomic E-state index is 0.278. The first-order chi connectivity index (χ1) is 13.8. The molecule has 5 nitrogen and oxygen atoms in total. The van der Waals surface area contributed by atoms with Gasteiger partial charge in [-0.15, -0.1) is 6.42 Å². The maximum Gasteiger partial charge on any atom is 0.231 e. The number of terminal acetylenes is 1. The van der Waals surface area contributed by atoms with E-state index >= 15 is 0 Å². The second kappa shape index (κ2) is 9.01. The van der Waals surface area contributed by atoms with Crippen molar-refractivity contribution < 1.29 is 18.9 Å². The van der Waals surface area contributed by atoms with Crippen LogP contribution >= 0.6 is 0 Å². The van der Waals surface area contributed by atoms with Gasteiger partial charge in [-0.25, -0.2) is 0 Å². The Hall–Kier alpha value is -2.68. The maximum absolute atomic E-state index is 5.88. The van der Waals surface area contributed by atoms with Crippen LogP contribution in [0.4, 0.5) is 0 Å². The van der Waals surface area contributed by atoms with Crippen LogP contribution in [0.5, 0.6) is 17.2 Å². The molecule has 1 saturated heterocycles. The summed E-state index contributed by atoms with van der Waals surface area (Å²) in [5.41, 5.74) is 2.38. The summed E-state index contributed by atoms with van der Waals surface area (Å²) in [5, 5.41) is 0. The van der Waals surface area contributed by atoms with Crippen LogP contribution < -0.4 is 14.2 Å². The lowest BCUT2D eigenvalue weighted by Gasteiger charge is -2.25. The smallest absolute Gasteiger partial charge is 0.231 e. The molecule has 0 amide bonds. The molecule has 146 valence electrons. The molecule has 0 aliphatic carbocycles. The Kier molecular flexibility index (Phi) is 6.01. The average molecular weight is 379 g/mol. The molecule has 2 aromatic rings. The van der Waals surface area contributed by atoms with Crippen LogP contribution in [0, 0.1) is 12.3 Å². The summed E-state index contributed by atoms with van der Waals surface area (Å²) >= 11 is 0. The van der Waals surface area contributed by atoms with Crippen LogP contribution in [0.15, 0.2) is 42.5 Å². The number of hydrogen-bond donors (Lipinski definition) is 0. The molecule has 2 heterocycles. The van der Waals surface area contributed by atoms with Gasteiger partial charge >= 0.3 is 0 Å². The van der Waals surface area contributed by atoms with Crippen LogP contribution in [0.25, 0.3) is 0 Å². The predicted molar refractivity (Wildman–Crippen MR) is 106 cm³/mol. The number of benzene rings is 2. The lowest BCUT2D eigenvalue weighted by Crippen LogP contribution is -2.31. The zero-order chi connectivity index (χ0) is 19.2. The summed E-state index contributed by atoms with van der Waals surface area (Å²) in [5.74, 6) is 4.94. The Bertz CT molecular complexity index is 839. The number of rotatable bonds is 8. The largest absolute Gasteiger partial charge is 0.481 e. The van der Waals surface area contributed by atoms with Crippen LogP contribution in [0.2, 0.25) is 0 Å². The van der Waals surface area contributed by atoms with Crippen LogP contribution in [0.3, 0.4) is 0 Å². The molecule has 0 bridgehead atoms. The standard InChI is InChI=1S/C23H25NO4/c1-2-10-25-20-6-3-5-18(12-20)14-24(16-21-7-4-11-26-21)15-19-8-9-22-23(13-19)28-17-27-22/h1,3,5-6,8-9,12-13,21H,4,7,10-11,14-17H2/t21-/m1/s1. The third kappa shape index (κ3) is 4.78. The molecule has 0 unspecified atom stereocenters. The van der Waals surface area contributed by atoms with Gasteiger partial charge in [-0.1, -0.05) is 24.1 Å². The highest BCUT2D eigenvalue weighted by Gasteiger charge is 2.21. The Morgan fingerprint density at radius 2 is 1.93 bits per heavy atom. The van der Waals surface area contributed by atoms with E-state index in [2.05, 4.69) is 35.1 Å². The lowest BCUT2D eigenvalue weighted by molar-refractivity contribution is 0.0679. The zero-order valence-electron chi connectivity index (χ0n) is 15.9. The summed E-state index contributed by atoms with van der Waals surface area (Å²) in [6.45, 7) is 3.94. The molecule has 2 aliphatic rings. The molecular weight excluding hydrogens is 354 g/mol. The van der Waals surface area contributed by atoms with Crippen LogP contribution in [-0.4, -0.2) is 37.6 Å². The number of fused-ring (bicyclic) bond motifs is 1. The summed E-state index contributed by atoms with van der Waals surface area (Å²) < 4.78 is 22.4. The minimum Gasteiger partial charge on any atom is -0.481 e.